The van der Waals surface area contributed by atoms with Crippen molar-refractivity contribution in [3.05, 3.63) is 65.7 Å². The molecule has 0 bridgehead atoms. The van der Waals surface area contributed by atoms with Gasteiger partial charge in [-0.15, -0.1) is 0 Å². The first-order valence-electron chi connectivity index (χ1n) is 9.89. The third kappa shape index (κ3) is 3.33. The number of anilines is 2. The zero-order valence-electron chi connectivity index (χ0n) is 16.9. The van der Waals surface area contributed by atoms with Crippen molar-refractivity contribution in [3.8, 4) is 11.6 Å². The second-order valence-electron chi connectivity index (χ2n) is 7.81. The molecule has 0 amide bonds. The molecule has 0 atom stereocenters. The van der Waals surface area contributed by atoms with Crippen LogP contribution in [0.25, 0.3) is 22.6 Å². The van der Waals surface area contributed by atoms with Crippen molar-refractivity contribution < 1.29 is 4.42 Å². The molecule has 0 fully saturated rings. The van der Waals surface area contributed by atoms with Crippen LogP contribution in [0.3, 0.4) is 0 Å². The van der Waals surface area contributed by atoms with Gasteiger partial charge in [-0.2, -0.15) is 0 Å². The van der Waals surface area contributed by atoms with Crippen LogP contribution < -0.4 is 5.32 Å². The molecule has 0 unspecified atom stereocenters. The standard InChI is InChI=1S/C23H22N6O/c1-29(2)13-14-10-26-23(27-11-14)22-21(18-7-8-25-12-20(18)30-22)28-16-4-5-17-15(9-16)3-6-19(17)24/h4-5,7-12,24,28H,3,6,13H2,1-2H3. The molecule has 30 heavy (non-hydrogen) atoms. The maximum Gasteiger partial charge on any atom is 0.197 e. The number of rotatable bonds is 5. The summed E-state index contributed by atoms with van der Waals surface area (Å²) in [6.45, 7) is 0.777. The molecular formula is C23H22N6O. The summed E-state index contributed by atoms with van der Waals surface area (Å²) in [5.41, 5.74) is 6.45. The van der Waals surface area contributed by atoms with E-state index >= 15 is 0 Å². The van der Waals surface area contributed by atoms with Crippen LogP contribution in [0.5, 0.6) is 0 Å². The van der Waals surface area contributed by atoms with Crippen molar-refractivity contribution in [1.82, 2.24) is 19.9 Å². The highest BCUT2D eigenvalue weighted by atomic mass is 16.3. The van der Waals surface area contributed by atoms with E-state index in [1.807, 2.05) is 44.7 Å². The van der Waals surface area contributed by atoms with Crippen LogP contribution >= 0.6 is 0 Å². The summed E-state index contributed by atoms with van der Waals surface area (Å²) in [6, 6.07) is 8.06. The normalized spacial score (nSPS) is 13.2. The number of hydrogen-bond donors (Lipinski definition) is 2. The molecule has 2 N–H and O–H groups in total. The Morgan fingerprint density at radius 1 is 1.10 bits per heavy atom. The molecule has 0 radical (unpaired) electrons. The molecule has 150 valence electrons. The van der Waals surface area contributed by atoms with Crippen molar-refractivity contribution in [1.29, 1.82) is 5.41 Å². The Kier molecular flexibility index (Phi) is 4.52. The van der Waals surface area contributed by atoms with Crippen molar-refractivity contribution in [2.75, 3.05) is 19.4 Å². The van der Waals surface area contributed by atoms with Gasteiger partial charge >= 0.3 is 0 Å². The average Bonchev–Trinajstić information content (AvgIpc) is 3.29. The lowest BCUT2D eigenvalue weighted by atomic mass is 10.1. The molecule has 3 heterocycles. The minimum atomic E-state index is 0.527. The first-order chi connectivity index (χ1) is 14.6. The van der Waals surface area contributed by atoms with Gasteiger partial charge in [-0.25, -0.2) is 9.97 Å². The first-order valence-corrected chi connectivity index (χ1v) is 9.89. The summed E-state index contributed by atoms with van der Waals surface area (Å²) in [5, 5.41) is 12.5. The Hall–Kier alpha value is -3.58. The lowest BCUT2D eigenvalue weighted by Crippen LogP contribution is -2.11. The van der Waals surface area contributed by atoms with E-state index in [0.29, 0.717) is 22.9 Å². The molecule has 7 nitrogen and oxygen atoms in total. The van der Waals surface area contributed by atoms with Crippen LogP contribution in [0.1, 0.15) is 23.1 Å². The van der Waals surface area contributed by atoms with Crippen LogP contribution in [-0.4, -0.2) is 39.7 Å². The van der Waals surface area contributed by atoms with E-state index in [1.165, 1.54) is 5.56 Å². The molecule has 1 aliphatic carbocycles. The van der Waals surface area contributed by atoms with Gasteiger partial charge in [-0.1, -0.05) is 6.07 Å². The van der Waals surface area contributed by atoms with Crippen molar-refractivity contribution in [2.45, 2.75) is 19.4 Å². The van der Waals surface area contributed by atoms with Gasteiger partial charge in [-0.3, -0.25) is 4.98 Å². The monoisotopic (exact) mass is 398 g/mol. The zero-order chi connectivity index (χ0) is 20.7. The van der Waals surface area contributed by atoms with Gasteiger partial charge in [0.2, 0.25) is 0 Å². The molecule has 0 saturated carbocycles. The Morgan fingerprint density at radius 2 is 1.93 bits per heavy atom. The van der Waals surface area contributed by atoms with E-state index in [-0.39, 0.29) is 0 Å². The molecule has 0 aliphatic heterocycles. The minimum absolute atomic E-state index is 0.527. The molecular weight excluding hydrogens is 376 g/mol. The molecule has 1 aromatic carbocycles. The fourth-order valence-electron chi connectivity index (χ4n) is 3.86. The number of nitrogens with zero attached hydrogens (tertiary/aromatic N) is 4. The topological polar surface area (TPSA) is 90.9 Å². The Balaban J connectivity index is 1.55. The summed E-state index contributed by atoms with van der Waals surface area (Å²) in [4.78, 5) is 15.3. The SMILES string of the molecule is CN(C)Cc1cnc(-c2oc3cnccc3c2Nc2ccc3c(c2)CCC3=N)nc1. The van der Waals surface area contributed by atoms with Crippen LogP contribution in [0.2, 0.25) is 0 Å². The summed E-state index contributed by atoms with van der Waals surface area (Å²) in [7, 11) is 4.03. The largest absolute Gasteiger partial charge is 0.449 e. The fraction of sp³-hybridized carbons (Fsp3) is 0.217. The van der Waals surface area contributed by atoms with Crippen molar-refractivity contribution in [2.24, 2.45) is 0 Å². The van der Waals surface area contributed by atoms with E-state index in [4.69, 9.17) is 9.83 Å². The second kappa shape index (κ2) is 7.35. The maximum absolute atomic E-state index is 8.05. The summed E-state index contributed by atoms with van der Waals surface area (Å²) >= 11 is 0. The summed E-state index contributed by atoms with van der Waals surface area (Å²) in [6.07, 6.45) is 8.82. The maximum atomic E-state index is 8.05. The van der Waals surface area contributed by atoms with Gasteiger partial charge in [0.15, 0.2) is 17.2 Å². The summed E-state index contributed by atoms with van der Waals surface area (Å²) in [5.74, 6) is 1.11. The van der Waals surface area contributed by atoms with Gasteiger partial charge in [0, 0.05) is 47.5 Å². The second-order valence-corrected chi connectivity index (χ2v) is 7.81. The number of nitrogens with one attached hydrogen (secondary N) is 2. The highest BCUT2D eigenvalue weighted by Crippen LogP contribution is 2.38. The molecule has 0 spiro atoms. The molecule has 5 rings (SSSR count). The number of benzene rings is 1. The van der Waals surface area contributed by atoms with E-state index in [2.05, 4.69) is 31.2 Å². The number of furan rings is 1. The van der Waals surface area contributed by atoms with Gasteiger partial charge in [0.25, 0.3) is 0 Å². The highest BCUT2D eigenvalue weighted by molar-refractivity contribution is 6.03. The number of fused-ring (bicyclic) bond motifs is 2. The molecule has 1 aliphatic rings. The zero-order valence-corrected chi connectivity index (χ0v) is 16.9. The fourth-order valence-corrected chi connectivity index (χ4v) is 3.86. The third-order valence-electron chi connectivity index (χ3n) is 5.24. The van der Waals surface area contributed by atoms with Crippen LogP contribution in [-0.2, 0) is 13.0 Å². The number of hydrogen-bond acceptors (Lipinski definition) is 7. The van der Waals surface area contributed by atoms with E-state index in [1.54, 1.807) is 12.4 Å². The van der Waals surface area contributed by atoms with Crippen LogP contribution in [0.4, 0.5) is 11.4 Å². The van der Waals surface area contributed by atoms with E-state index < -0.39 is 0 Å². The predicted molar refractivity (Wildman–Crippen MR) is 117 cm³/mol. The minimum Gasteiger partial charge on any atom is -0.449 e. The van der Waals surface area contributed by atoms with Gasteiger partial charge in [0.05, 0.1) is 11.9 Å². The molecule has 4 aromatic rings. The van der Waals surface area contributed by atoms with Crippen LogP contribution in [0, 0.1) is 5.41 Å². The molecule has 0 saturated heterocycles. The highest BCUT2D eigenvalue weighted by Gasteiger charge is 2.20. The van der Waals surface area contributed by atoms with Gasteiger partial charge < -0.3 is 20.0 Å². The Bertz CT molecular complexity index is 1240. The third-order valence-corrected chi connectivity index (χ3v) is 5.24. The predicted octanol–water partition coefficient (Wildman–Crippen LogP) is 4.40. The number of aryl methyl sites for hydroxylation is 1. The van der Waals surface area contributed by atoms with Gasteiger partial charge in [0.1, 0.15) is 0 Å². The molecule has 3 aromatic heterocycles. The Labute approximate surface area is 174 Å². The average molecular weight is 398 g/mol. The Morgan fingerprint density at radius 3 is 2.73 bits per heavy atom. The quantitative estimate of drug-likeness (QED) is 0.518. The first kappa shape index (κ1) is 18.4. The number of aromatic nitrogens is 3. The lowest BCUT2D eigenvalue weighted by Gasteiger charge is -2.10. The summed E-state index contributed by atoms with van der Waals surface area (Å²) < 4.78 is 6.09. The molecule has 7 heteroatoms. The van der Waals surface area contributed by atoms with Crippen molar-refractivity contribution in [3.63, 3.8) is 0 Å². The number of pyridine rings is 1. The van der Waals surface area contributed by atoms with Crippen molar-refractivity contribution >= 4 is 28.1 Å². The smallest absolute Gasteiger partial charge is 0.197 e. The van der Waals surface area contributed by atoms with E-state index in [0.717, 1.165) is 47.3 Å². The van der Waals surface area contributed by atoms with Gasteiger partial charge in [-0.05, 0) is 56.3 Å². The van der Waals surface area contributed by atoms with Crippen LogP contribution in [0.15, 0.2) is 53.5 Å². The van der Waals surface area contributed by atoms with E-state index in [9.17, 15) is 0 Å². The lowest BCUT2D eigenvalue weighted by molar-refractivity contribution is 0.401.